The van der Waals surface area contributed by atoms with Crippen LogP contribution in [0.25, 0.3) is 0 Å². The molecule has 0 radical (unpaired) electrons. The number of rotatable bonds is 2. The highest BCUT2D eigenvalue weighted by Gasteiger charge is 2.39. The molecule has 1 amide bonds. The number of benzene rings is 1. The van der Waals surface area contributed by atoms with Crippen molar-refractivity contribution in [3.8, 4) is 0 Å². The number of carbonyl (C=O) groups excluding carboxylic acids is 1. The summed E-state index contributed by atoms with van der Waals surface area (Å²) in [5.74, 6) is -2.13. The topological polar surface area (TPSA) is 78.8 Å². The largest absolute Gasteiger partial charge is 0.471 e. The SMILES string of the molecule is CN=C(c1cc(Br)c(NC(=O)C(F)(F)F)c(Br)c1)S(=O)O. The summed E-state index contributed by atoms with van der Waals surface area (Å²) < 4.78 is 57.0. The van der Waals surface area contributed by atoms with Gasteiger partial charge in [0.1, 0.15) is 0 Å². The quantitative estimate of drug-likeness (QED) is 0.411. The number of halogens is 5. The van der Waals surface area contributed by atoms with Crippen LogP contribution < -0.4 is 5.32 Å². The molecule has 0 fully saturated rings. The van der Waals surface area contributed by atoms with Gasteiger partial charge < -0.3 is 9.87 Å². The lowest BCUT2D eigenvalue weighted by atomic mass is 10.2. The van der Waals surface area contributed by atoms with Crippen LogP contribution in [0, 0.1) is 0 Å². The van der Waals surface area contributed by atoms with E-state index >= 15 is 0 Å². The van der Waals surface area contributed by atoms with Crippen molar-refractivity contribution in [2.24, 2.45) is 4.99 Å². The van der Waals surface area contributed by atoms with Crippen molar-refractivity contribution in [3.63, 3.8) is 0 Å². The fraction of sp³-hybridized carbons (Fsp3) is 0.200. The molecule has 0 bridgehead atoms. The van der Waals surface area contributed by atoms with Crippen LogP contribution in [0.5, 0.6) is 0 Å². The molecule has 11 heteroatoms. The molecule has 1 rings (SSSR count). The average Bonchev–Trinajstić information content (AvgIpc) is 2.32. The van der Waals surface area contributed by atoms with Gasteiger partial charge in [-0.1, -0.05) is 0 Å². The van der Waals surface area contributed by atoms with E-state index in [9.17, 15) is 22.2 Å². The average molecular weight is 452 g/mol. The van der Waals surface area contributed by atoms with Crippen molar-refractivity contribution in [3.05, 3.63) is 26.6 Å². The zero-order chi connectivity index (χ0) is 16.4. The standard InChI is InChI=1S/C10H7Br2F3N2O3S/c1-16-8(21(19)20)4-2-5(11)7(6(12)3-4)17-9(18)10(13,14)15/h2-3H,1H3,(H,17,18)(H,19,20). The predicted molar refractivity (Wildman–Crippen MR) is 79.8 cm³/mol. The lowest BCUT2D eigenvalue weighted by Crippen LogP contribution is -2.30. The van der Waals surface area contributed by atoms with E-state index in [2.05, 4.69) is 36.9 Å². The molecule has 2 N–H and O–H groups in total. The van der Waals surface area contributed by atoms with Gasteiger partial charge in [0.15, 0.2) is 5.04 Å². The summed E-state index contributed by atoms with van der Waals surface area (Å²) in [4.78, 5) is 14.6. The Hall–Kier alpha value is -0.780. The fourth-order valence-electron chi connectivity index (χ4n) is 1.31. The van der Waals surface area contributed by atoms with Crippen molar-refractivity contribution in [2.75, 3.05) is 12.4 Å². The number of anilines is 1. The number of aliphatic imine (C=N–C) groups is 1. The van der Waals surface area contributed by atoms with Crippen LogP contribution in [-0.2, 0) is 15.9 Å². The van der Waals surface area contributed by atoms with E-state index in [1.54, 1.807) is 5.32 Å². The molecule has 1 unspecified atom stereocenters. The van der Waals surface area contributed by atoms with Gasteiger partial charge in [0.25, 0.3) is 0 Å². The van der Waals surface area contributed by atoms with E-state index < -0.39 is 23.2 Å². The van der Waals surface area contributed by atoms with Crippen molar-refractivity contribution < 1.29 is 26.7 Å². The molecular formula is C10H7Br2F3N2O3S. The third kappa shape index (κ3) is 4.59. The Morgan fingerprint density at radius 1 is 1.33 bits per heavy atom. The summed E-state index contributed by atoms with van der Waals surface area (Å²) in [7, 11) is 1.30. The van der Waals surface area contributed by atoms with Gasteiger partial charge in [-0.05, 0) is 44.0 Å². The summed E-state index contributed by atoms with van der Waals surface area (Å²) in [6.45, 7) is 0. The molecule has 1 atom stereocenters. The van der Waals surface area contributed by atoms with E-state index in [4.69, 9.17) is 4.55 Å². The molecule has 116 valence electrons. The normalized spacial score (nSPS) is 14.0. The number of carbonyl (C=O) groups is 1. The Balaban J connectivity index is 3.24. The molecule has 0 spiro atoms. The second-order valence-electron chi connectivity index (χ2n) is 3.54. The number of hydrogen-bond donors (Lipinski definition) is 2. The Morgan fingerprint density at radius 2 is 1.81 bits per heavy atom. The first kappa shape index (κ1) is 18.3. The van der Waals surface area contributed by atoms with Crippen LogP contribution in [0.3, 0.4) is 0 Å². The van der Waals surface area contributed by atoms with E-state index in [1.807, 2.05) is 0 Å². The summed E-state index contributed by atoms with van der Waals surface area (Å²) in [6, 6.07) is 2.54. The minimum absolute atomic E-state index is 0.0936. The van der Waals surface area contributed by atoms with Gasteiger partial charge in [-0.3, -0.25) is 9.79 Å². The molecule has 1 aromatic rings. The molecule has 0 aliphatic heterocycles. The van der Waals surface area contributed by atoms with E-state index in [1.165, 1.54) is 19.2 Å². The highest BCUT2D eigenvalue weighted by atomic mass is 79.9. The number of alkyl halides is 3. The van der Waals surface area contributed by atoms with Crippen molar-refractivity contribution >= 4 is 59.6 Å². The van der Waals surface area contributed by atoms with Gasteiger partial charge in [-0.2, -0.15) is 13.2 Å². The second kappa shape index (κ2) is 6.99. The molecule has 0 saturated heterocycles. The van der Waals surface area contributed by atoms with Crippen molar-refractivity contribution in [1.82, 2.24) is 0 Å². The van der Waals surface area contributed by atoms with Gasteiger partial charge in [0.2, 0.25) is 11.1 Å². The maximum atomic E-state index is 12.2. The van der Waals surface area contributed by atoms with Crippen molar-refractivity contribution in [2.45, 2.75) is 6.18 Å². The smallest absolute Gasteiger partial charge is 0.316 e. The predicted octanol–water partition coefficient (Wildman–Crippen LogP) is 3.31. The van der Waals surface area contributed by atoms with Gasteiger partial charge >= 0.3 is 12.1 Å². The van der Waals surface area contributed by atoms with E-state index in [0.717, 1.165) is 0 Å². The number of nitrogens with one attached hydrogen (secondary N) is 1. The van der Waals surface area contributed by atoms with E-state index in [-0.39, 0.29) is 25.2 Å². The minimum Gasteiger partial charge on any atom is -0.316 e. The number of hydrogen-bond acceptors (Lipinski definition) is 3. The van der Waals surface area contributed by atoms with Crippen LogP contribution in [0.15, 0.2) is 26.1 Å². The number of nitrogens with zero attached hydrogens (tertiary/aromatic N) is 1. The zero-order valence-electron chi connectivity index (χ0n) is 10.2. The summed E-state index contributed by atoms with van der Waals surface area (Å²) in [5.41, 5.74) is 0.0577. The lowest BCUT2D eigenvalue weighted by Gasteiger charge is -2.13. The molecule has 0 aromatic heterocycles. The van der Waals surface area contributed by atoms with Gasteiger partial charge in [0, 0.05) is 21.6 Å². The van der Waals surface area contributed by atoms with Crippen molar-refractivity contribution in [1.29, 1.82) is 0 Å². The first-order chi connectivity index (χ1) is 9.57. The zero-order valence-corrected chi connectivity index (χ0v) is 14.2. The lowest BCUT2D eigenvalue weighted by molar-refractivity contribution is -0.167. The minimum atomic E-state index is -5.03. The third-order valence-electron chi connectivity index (χ3n) is 2.15. The maximum Gasteiger partial charge on any atom is 0.471 e. The summed E-state index contributed by atoms with van der Waals surface area (Å²) in [5, 5.41) is 1.53. The van der Waals surface area contributed by atoms with Crippen LogP contribution in [-0.4, -0.2) is 32.9 Å². The van der Waals surface area contributed by atoms with Crippen LogP contribution >= 0.6 is 31.9 Å². The molecular weight excluding hydrogens is 445 g/mol. The van der Waals surface area contributed by atoms with Crippen LogP contribution in [0.4, 0.5) is 18.9 Å². The van der Waals surface area contributed by atoms with Crippen LogP contribution in [0.2, 0.25) is 0 Å². The maximum absolute atomic E-state index is 12.2. The third-order valence-corrected chi connectivity index (χ3v) is 4.15. The fourth-order valence-corrected chi connectivity index (χ4v) is 3.17. The summed E-state index contributed by atoms with van der Waals surface area (Å²) >= 11 is 3.62. The van der Waals surface area contributed by atoms with Crippen LogP contribution in [0.1, 0.15) is 5.56 Å². The van der Waals surface area contributed by atoms with E-state index in [0.29, 0.717) is 0 Å². The second-order valence-corrected chi connectivity index (χ2v) is 6.14. The van der Waals surface area contributed by atoms with Gasteiger partial charge in [0.05, 0.1) is 5.69 Å². The molecule has 0 saturated carbocycles. The highest BCUT2D eigenvalue weighted by Crippen LogP contribution is 2.34. The molecule has 0 aliphatic rings. The van der Waals surface area contributed by atoms with Gasteiger partial charge in [-0.15, -0.1) is 0 Å². The Kier molecular flexibility index (Phi) is 6.08. The monoisotopic (exact) mass is 450 g/mol. The van der Waals surface area contributed by atoms with Gasteiger partial charge in [-0.25, -0.2) is 4.21 Å². The first-order valence-corrected chi connectivity index (χ1v) is 7.72. The Labute approximate surface area is 136 Å². The first-order valence-electron chi connectivity index (χ1n) is 5.03. The molecule has 5 nitrogen and oxygen atoms in total. The molecule has 21 heavy (non-hydrogen) atoms. The summed E-state index contributed by atoms with van der Waals surface area (Å²) in [6.07, 6.45) is -5.03. The Morgan fingerprint density at radius 3 is 2.14 bits per heavy atom. The number of amides is 1. The molecule has 1 aromatic carbocycles. The Bertz CT molecular complexity index is 611. The molecule has 0 aliphatic carbocycles. The molecule has 0 heterocycles. The highest BCUT2D eigenvalue weighted by molar-refractivity contribution is 9.11.